The Kier molecular flexibility index (Phi) is 8.26. The molecule has 0 heterocycles. The van der Waals surface area contributed by atoms with E-state index < -0.39 is 7.82 Å². The maximum atomic E-state index is 8.88. The molecule has 0 aromatic rings. The molecule has 0 aliphatic carbocycles. The van der Waals surface area contributed by atoms with Gasteiger partial charge in [0.15, 0.2) is 15.2 Å². The SMILES string of the molecule is O=P(O)(O)O.[CH3][Al][CH3]. The van der Waals surface area contributed by atoms with Gasteiger partial charge in [-0.1, -0.05) is 0 Å². The molecule has 0 saturated carbocycles. The molecule has 0 aromatic carbocycles. The lowest BCUT2D eigenvalue weighted by atomic mass is 11.9. The average Bonchev–Trinajstić information content (AvgIpc) is 1.27. The smallest absolute Gasteiger partial charge is 0.303 e. The van der Waals surface area contributed by atoms with E-state index >= 15 is 0 Å². The van der Waals surface area contributed by atoms with Gasteiger partial charge in [-0.2, -0.15) is 0 Å². The third kappa shape index (κ3) is 512. The summed E-state index contributed by atoms with van der Waals surface area (Å²) in [6.07, 6.45) is 0. The van der Waals surface area contributed by atoms with E-state index in [1.165, 1.54) is 0 Å². The molecule has 0 spiro atoms. The number of rotatable bonds is 0. The van der Waals surface area contributed by atoms with E-state index in [1.54, 1.807) is 0 Å². The van der Waals surface area contributed by atoms with Crippen LogP contribution in [-0.4, -0.2) is 29.9 Å². The highest BCUT2D eigenvalue weighted by Gasteiger charge is 2.00. The summed E-state index contributed by atoms with van der Waals surface area (Å²) in [5.74, 6) is 4.42. The summed E-state index contributed by atoms with van der Waals surface area (Å²) in [6.45, 7) is 0. The monoisotopic (exact) mass is 155 g/mol. The van der Waals surface area contributed by atoms with Crippen molar-refractivity contribution in [2.24, 2.45) is 0 Å². The lowest BCUT2D eigenvalue weighted by molar-refractivity contribution is 0.275. The van der Waals surface area contributed by atoms with Gasteiger partial charge in [-0.3, -0.25) is 0 Å². The predicted molar refractivity (Wildman–Crippen MR) is 31.7 cm³/mol. The first-order chi connectivity index (χ1) is 3.41. The van der Waals surface area contributed by atoms with Crippen LogP contribution in [0.4, 0.5) is 0 Å². The fourth-order valence-electron chi connectivity index (χ4n) is 0. The van der Waals surface area contributed by atoms with E-state index in [1.807, 2.05) is 0 Å². The third-order valence-electron chi connectivity index (χ3n) is 0. The van der Waals surface area contributed by atoms with Crippen molar-refractivity contribution in [3.63, 3.8) is 0 Å². The molecule has 49 valence electrons. The van der Waals surface area contributed by atoms with Crippen LogP contribution in [0.2, 0.25) is 11.6 Å². The van der Waals surface area contributed by atoms with Crippen LogP contribution >= 0.6 is 7.82 Å². The molecule has 6 heteroatoms. The Morgan fingerprint density at radius 1 is 1.25 bits per heavy atom. The Morgan fingerprint density at radius 3 is 1.25 bits per heavy atom. The van der Waals surface area contributed by atoms with Gasteiger partial charge in [-0.25, -0.2) is 4.57 Å². The van der Waals surface area contributed by atoms with Crippen LogP contribution in [-0.2, 0) is 4.57 Å². The second-order valence-electron chi connectivity index (χ2n) is 1.09. The number of hydrogen-bond donors (Lipinski definition) is 3. The highest BCUT2D eigenvalue weighted by Crippen LogP contribution is 2.25. The quantitative estimate of drug-likeness (QED) is 0.336. The van der Waals surface area contributed by atoms with E-state index in [4.69, 9.17) is 19.2 Å². The first-order valence-electron chi connectivity index (χ1n) is 1.94. The minimum absolute atomic E-state index is 0.750. The van der Waals surface area contributed by atoms with Crippen molar-refractivity contribution in [1.82, 2.24) is 0 Å². The van der Waals surface area contributed by atoms with E-state index in [0.29, 0.717) is 0 Å². The normalized spacial score (nSPS) is 9.12. The molecule has 0 fully saturated rings. The van der Waals surface area contributed by atoms with Crippen LogP contribution in [0, 0.1) is 0 Å². The summed E-state index contributed by atoms with van der Waals surface area (Å²) >= 11 is 0.750. The molecule has 3 N–H and O–H groups in total. The van der Waals surface area contributed by atoms with Gasteiger partial charge in [0.25, 0.3) is 0 Å². The van der Waals surface area contributed by atoms with Gasteiger partial charge in [0.2, 0.25) is 0 Å². The van der Waals surface area contributed by atoms with Crippen LogP contribution < -0.4 is 0 Å². The summed E-state index contributed by atoms with van der Waals surface area (Å²) in [4.78, 5) is 21.6. The molecule has 0 aromatic heterocycles. The summed E-state index contributed by atoms with van der Waals surface area (Å²) < 4.78 is 8.88. The van der Waals surface area contributed by atoms with Crippen LogP contribution in [0.1, 0.15) is 0 Å². The molecule has 0 aliphatic heterocycles. The maximum Gasteiger partial charge on any atom is 0.466 e. The van der Waals surface area contributed by atoms with Gasteiger partial charge < -0.3 is 14.7 Å². The molecule has 0 bridgehead atoms. The fourth-order valence-corrected chi connectivity index (χ4v) is 0. The highest BCUT2D eigenvalue weighted by molar-refractivity contribution is 7.45. The molecular weight excluding hydrogens is 146 g/mol. The zero-order valence-electron chi connectivity index (χ0n) is 4.77. The Labute approximate surface area is 54.5 Å². The van der Waals surface area contributed by atoms with Gasteiger partial charge in [-0.05, 0) is 0 Å². The van der Waals surface area contributed by atoms with Gasteiger partial charge in [0.05, 0.1) is 0 Å². The van der Waals surface area contributed by atoms with Gasteiger partial charge in [0.1, 0.15) is 0 Å². The van der Waals surface area contributed by atoms with Gasteiger partial charge in [0, 0.05) is 0 Å². The van der Waals surface area contributed by atoms with E-state index in [-0.39, 0.29) is 0 Å². The second-order valence-corrected chi connectivity index (χ2v) is 3.27. The summed E-state index contributed by atoms with van der Waals surface area (Å²) in [5.41, 5.74) is 0. The molecule has 4 nitrogen and oxygen atoms in total. The second kappa shape index (κ2) is 5.77. The Hall–Kier alpha value is 0.642. The largest absolute Gasteiger partial charge is 0.466 e. The molecular formula is C2H9AlO4P. The highest BCUT2D eigenvalue weighted by atomic mass is 31.2. The lowest BCUT2D eigenvalue weighted by Gasteiger charge is -1.82. The van der Waals surface area contributed by atoms with E-state index in [0.717, 1.165) is 15.2 Å². The minimum Gasteiger partial charge on any atom is -0.303 e. The van der Waals surface area contributed by atoms with Crippen molar-refractivity contribution in [2.45, 2.75) is 11.6 Å². The van der Waals surface area contributed by atoms with Crippen molar-refractivity contribution in [1.29, 1.82) is 0 Å². The zero-order valence-corrected chi connectivity index (χ0v) is 6.82. The summed E-state index contributed by atoms with van der Waals surface area (Å²) in [6, 6.07) is 0. The van der Waals surface area contributed by atoms with Crippen molar-refractivity contribution in [2.75, 3.05) is 0 Å². The van der Waals surface area contributed by atoms with Crippen LogP contribution in [0.3, 0.4) is 0 Å². The first-order valence-corrected chi connectivity index (χ1v) is 5.81. The topological polar surface area (TPSA) is 77.8 Å². The summed E-state index contributed by atoms with van der Waals surface area (Å²) in [5, 5.41) is 0. The van der Waals surface area contributed by atoms with Crippen molar-refractivity contribution >= 4 is 23.0 Å². The molecule has 0 atom stereocenters. The number of hydrogen-bond acceptors (Lipinski definition) is 1. The standard InChI is InChI=1S/2CH3.Al.H3O4P/c;;;1-5(2,3)4/h2*1H3;;(H3,1,2,3,4). The predicted octanol–water partition coefficient (Wildman–Crippen LogP) is -0.142. The minimum atomic E-state index is -4.64. The van der Waals surface area contributed by atoms with Crippen molar-refractivity contribution in [3.8, 4) is 0 Å². The van der Waals surface area contributed by atoms with E-state index in [2.05, 4.69) is 11.6 Å². The van der Waals surface area contributed by atoms with Crippen LogP contribution in [0.15, 0.2) is 0 Å². The molecule has 8 heavy (non-hydrogen) atoms. The number of phosphoric acid groups is 1. The van der Waals surface area contributed by atoms with Crippen molar-refractivity contribution < 1.29 is 19.2 Å². The molecule has 1 radical (unpaired) electrons. The van der Waals surface area contributed by atoms with Crippen molar-refractivity contribution in [3.05, 3.63) is 0 Å². The first kappa shape index (κ1) is 11.4. The molecule has 0 saturated heterocycles. The maximum absolute atomic E-state index is 8.88. The molecule has 0 amide bonds. The molecule has 0 unspecified atom stereocenters. The summed E-state index contributed by atoms with van der Waals surface area (Å²) in [7, 11) is -4.64. The zero-order chi connectivity index (χ0) is 7.21. The van der Waals surface area contributed by atoms with E-state index in [9.17, 15) is 0 Å². The lowest BCUT2D eigenvalue weighted by Crippen LogP contribution is -1.66. The fraction of sp³-hybridized carbons (Fsp3) is 1.00. The Balaban J connectivity index is 0. The molecule has 0 rings (SSSR count). The van der Waals surface area contributed by atoms with Crippen LogP contribution in [0.25, 0.3) is 0 Å². The molecule has 0 aliphatic rings. The van der Waals surface area contributed by atoms with Gasteiger partial charge >= 0.3 is 7.82 Å². The Morgan fingerprint density at radius 2 is 1.25 bits per heavy atom. The van der Waals surface area contributed by atoms with Gasteiger partial charge in [-0.15, -0.1) is 11.6 Å². The van der Waals surface area contributed by atoms with Crippen LogP contribution in [0.5, 0.6) is 0 Å². The average molecular weight is 155 g/mol. The Bertz CT molecular complexity index is 69.8. The third-order valence-corrected chi connectivity index (χ3v) is 0.